The third-order valence-corrected chi connectivity index (χ3v) is 4.15. The van der Waals surface area contributed by atoms with Gasteiger partial charge in [-0.15, -0.1) is 0 Å². The summed E-state index contributed by atoms with van der Waals surface area (Å²) < 4.78 is 38.0. The van der Waals surface area contributed by atoms with Gasteiger partial charge in [-0.1, -0.05) is 6.07 Å². The first-order chi connectivity index (χ1) is 10.3. The molecule has 0 radical (unpaired) electrons. The van der Waals surface area contributed by atoms with Crippen molar-refractivity contribution in [1.82, 2.24) is 10.2 Å². The van der Waals surface area contributed by atoms with Gasteiger partial charge in [0.05, 0.1) is 0 Å². The minimum absolute atomic E-state index is 0.0182. The number of carbonyl (C=O) groups excluding carboxylic acids is 2. The molecule has 2 heterocycles. The minimum Gasteiger partial charge on any atom is -0.398 e. The van der Waals surface area contributed by atoms with E-state index in [0.717, 1.165) is 0 Å². The van der Waals surface area contributed by atoms with Gasteiger partial charge in [0.1, 0.15) is 12.1 Å². The van der Waals surface area contributed by atoms with Gasteiger partial charge < -0.3 is 16.0 Å². The van der Waals surface area contributed by atoms with Gasteiger partial charge in [-0.25, -0.2) is 0 Å². The van der Waals surface area contributed by atoms with Crippen LogP contribution in [-0.4, -0.2) is 35.0 Å². The largest absolute Gasteiger partial charge is 0.408 e. The summed E-state index contributed by atoms with van der Waals surface area (Å²) in [6, 6.07) is 2.15. The van der Waals surface area contributed by atoms with Gasteiger partial charge in [0.15, 0.2) is 0 Å². The second kappa shape index (κ2) is 4.89. The normalized spacial score (nSPS) is 25.1. The number of rotatable bonds is 1. The highest BCUT2D eigenvalue weighted by Gasteiger charge is 2.47. The van der Waals surface area contributed by atoms with Crippen LogP contribution in [0.5, 0.6) is 0 Å². The van der Waals surface area contributed by atoms with Crippen LogP contribution in [-0.2, 0) is 11.3 Å². The molecule has 3 rings (SSSR count). The molecular formula is C14H14F3N3O2. The summed E-state index contributed by atoms with van der Waals surface area (Å²) in [6.07, 6.45) is -4.73. The predicted molar refractivity (Wildman–Crippen MR) is 71.7 cm³/mol. The van der Waals surface area contributed by atoms with E-state index in [4.69, 9.17) is 5.73 Å². The van der Waals surface area contributed by atoms with Crippen molar-refractivity contribution >= 4 is 17.5 Å². The molecule has 0 unspecified atom stereocenters. The van der Waals surface area contributed by atoms with Crippen LogP contribution >= 0.6 is 0 Å². The zero-order valence-electron chi connectivity index (χ0n) is 11.5. The summed E-state index contributed by atoms with van der Waals surface area (Å²) in [6.45, 7) is 0.148. The van der Waals surface area contributed by atoms with Gasteiger partial charge in [-0.05, 0) is 25.0 Å². The minimum atomic E-state index is -4.47. The fraction of sp³-hybridized carbons (Fsp3) is 0.429. The maximum atomic E-state index is 12.7. The summed E-state index contributed by atoms with van der Waals surface area (Å²) in [5, 5.41) is 1.96. The Morgan fingerprint density at radius 2 is 1.95 bits per heavy atom. The van der Waals surface area contributed by atoms with Crippen molar-refractivity contribution in [2.45, 2.75) is 37.6 Å². The molecule has 2 amide bonds. The van der Waals surface area contributed by atoms with Crippen LogP contribution < -0.4 is 11.1 Å². The first-order valence-corrected chi connectivity index (χ1v) is 6.84. The number of nitrogen functional groups attached to an aromatic ring is 1. The highest BCUT2D eigenvalue weighted by molar-refractivity contribution is 6.02. The average molecular weight is 313 g/mol. The van der Waals surface area contributed by atoms with Crippen LogP contribution in [0.4, 0.5) is 18.9 Å². The molecule has 22 heavy (non-hydrogen) atoms. The Bertz CT molecular complexity index is 645. The van der Waals surface area contributed by atoms with Crippen LogP contribution in [0.1, 0.15) is 28.8 Å². The van der Waals surface area contributed by atoms with Crippen LogP contribution in [0.25, 0.3) is 0 Å². The Balaban J connectivity index is 1.79. The van der Waals surface area contributed by atoms with E-state index in [0.29, 0.717) is 16.8 Å². The van der Waals surface area contributed by atoms with E-state index >= 15 is 0 Å². The van der Waals surface area contributed by atoms with Crippen molar-refractivity contribution in [2.75, 3.05) is 5.73 Å². The molecule has 0 aliphatic carbocycles. The lowest BCUT2D eigenvalue weighted by molar-refractivity contribution is -0.170. The average Bonchev–Trinajstić information content (AvgIpc) is 2.77. The van der Waals surface area contributed by atoms with E-state index < -0.39 is 24.2 Å². The fourth-order valence-corrected chi connectivity index (χ4v) is 2.97. The SMILES string of the molecule is Nc1cccc2c1CN([C@@H]1CC[C@H](C(F)(F)F)NC1=O)C2=O. The third kappa shape index (κ3) is 2.28. The van der Waals surface area contributed by atoms with Crippen molar-refractivity contribution in [3.63, 3.8) is 0 Å². The highest BCUT2D eigenvalue weighted by Crippen LogP contribution is 2.33. The molecule has 1 aromatic carbocycles. The maximum absolute atomic E-state index is 12.7. The number of nitrogens with two attached hydrogens (primary N) is 1. The standard InChI is InChI=1S/C14H14F3N3O2/c15-14(16,17)11-5-4-10(12(21)19-11)20-6-8-7(13(20)22)2-1-3-9(8)18/h1-3,10-11H,4-6,18H2,(H,19,21)/t10-,11-/m1/s1. The molecule has 0 spiro atoms. The predicted octanol–water partition coefficient (Wildman–Crippen LogP) is 1.43. The maximum Gasteiger partial charge on any atom is 0.408 e. The van der Waals surface area contributed by atoms with Crippen molar-refractivity contribution in [3.05, 3.63) is 29.3 Å². The van der Waals surface area contributed by atoms with Gasteiger partial charge in [0, 0.05) is 23.4 Å². The van der Waals surface area contributed by atoms with Gasteiger partial charge in [-0.2, -0.15) is 13.2 Å². The molecule has 8 heteroatoms. The second-order valence-corrected chi connectivity index (χ2v) is 5.50. The highest BCUT2D eigenvalue weighted by atomic mass is 19.4. The van der Waals surface area contributed by atoms with Crippen molar-refractivity contribution in [1.29, 1.82) is 0 Å². The lowest BCUT2D eigenvalue weighted by Gasteiger charge is -2.34. The van der Waals surface area contributed by atoms with Crippen molar-refractivity contribution in [3.8, 4) is 0 Å². The Kier molecular flexibility index (Phi) is 3.26. The smallest absolute Gasteiger partial charge is 0.398 e. The molecule has 1 fully saturated rings. The van der Waals surface area contributed by atoms with Gasteiger partial charge in [-0.3, -0.25) is 9.59 Å². The number of benzene rings is 1. The molecule has 0 aromatic heterocycles. The van der Waals surface area contributed by atoms with E-state index in [1.807, 2.05) is 5.32 Å². The molecule has 3 N–H and O–H groups in total. The van der Waals surface area contributed by atoms with Gasteiger partial charge >= 0.3 is 6.18 Å². The van der Waals surface area contributed by atoms with Crippen LogP contribution in [0.2, 0.25) is 0 Å². The summed E-state index contributed by atoms with van der Waals surface area (Å²) >= 11 is 0. The molecular weight excluding hydrogens is 299 g/mol. The zero-order chi connectivity index (χ0) is 16.1. The third-order valence-electron chi connectivity index (χ3n) is 4.15. The number of anilines is 1. The Labute approximate surface area is 124 Å². The zero-order valence-corrected chi connectivity index (χ0v) is 11.5. The van der Waals surface area contributed by atoms with E-state index in [9.17, 15) is 22.8 Å². The first kappa shape index (κ1) is 14.7. The summed E-state index contributed by atoms with van der Waals surface area (Å²) in [7, 11) is 0. The van der Waals surface area contributed by atoms with Crippen molar-refractivity contribution < 1.29 is 22.8 Å². The number of halogens is 3. The number of alkyl halides is 3. The summed E-state index contributed by atoms with van der Waals surface area (Å²) in [5.74, 6) is -1.14. The Morgan fingerprint density at radius 1 is 1.23 bits per heavy atom. The number of amides is 2. The summed E-state index contributed by atoms with van der Waals surface area (Å²) in [4.78, 5) is 25.6. The van der Waals surface area contributed by atoms with E-state index in [1.165, 1.54) is 4.90 Å². The fourth-order valence-electron chi connectivity index (χ4n) is 2.97. The van der Waals surface area contributed by atoms with Gasteiger partial charge in [0.25, 0.3) is 5.91 Å². The van der Waals surface area contributed by atoms with Crippen molar-refractivity contribution in [2.24, 2.45) is 0 Å². The van der Waals surface area contributed by atoms with Crippen LogP contribution in [0.15, 0.2) is 18.2 Å². The molecule has 2 aliphatic rings. The molecule has 0 saturated carbocycles. The molecule has 2 atom stereocenters. The van der Waals surface area contributed by atoms with E-state index in [-0.39, 0.29) is 25.3 Å². The number of fused-ring (bicyclic) bond motifs is 1. The molecule has 0 bridgehead atoms. The lowest BCUT2D eigenvalue weighted by Crippen LogP contribution is -2.58. The lowest BCUT2D eigenvalue weighted by atomic mass is 9.98. The number of hydrogen-bond donors (Lipinski definition) is 2. The number of piperidine rings is 1. The van der Waals surface area contributed by atoms with E-state index in [2.05, 4.69) is 0 Å². The molecule has 1 saturated heterocycles. The second-order valence-electron chi connectivity index (χ2n) is 5.50. The summed E-state index contributed by atoms with van der Waals surface area (Å²) in [5.41, 5.74) is 7.29. The molecule has 1 aromatic rings. The number of hydrogen-bond acceptors (Lipinski definition) is 3. The monoisotopic (exact) mass is 313 g/mol. The molecule has 2 aliphatic heterocycles. The number of nitrogens with zero attached hydrogens (tertiary/aromatic N) is 1. The van der Waals surface area contributed by atoms with Crippen LogP contribution in [0, 0.1) is 0 Å². The van der Waals surface area contributed by atoms with Gasteiger partial charge in [0.2, 0.25) is 5.91 Å². The molecule has 5 nitrogen and oxygen atoms in total. The Morgan fingerprint density at radius 3 is 2.55 bits per heavy atom. The topological polar surface area (TPSA) is 75.4 Å². The Hall–Kier alpha value is -2.25. The first-order valence-electron chi connectivity index (χ1n) is 6.84. The number of nitrogens with one attached hydrogen (secondary N) is 1. The van der Waals surface area contributed by atoms with Crippen LogP contribution in [0.3, 0.4) is 0 Å². The van der Waals surface area contributed by atoms with E-state index in [1.54, 1.807) is 18.2 Å². The molecule has 118 valence electrons. The quantitative estimate of drug-likeness (QED) is 0.770. The number of carbonyl (C=O) groups is 2.